The monoisotopic (exact) mass is 343 g/mol. The molecule has 7 heteroatoms. The minimum atomic E-state index is -2.71. The number of aliphatic hydroxyl groups is 1. The molecule has 124 valence electrons. The third kappa shape index (κ3) is 3.30. The number of primary amides is 1. The van der Waals surface area contributed by atoms with Crippen molar-refractivity contribution in [2.24, 2.45) is 10.1 Å². The topological polar surface area (TPSA) is 117 Å². The van der Waals surface area contributed by atoms with Crippen LogP contribution < -0.4 is 5.73 Å². The minimum Gasteiger partial charge on any atom is -0.372 e. The lowest BCUT2D eigenvalue weighted by molar-refractivity contribution is -0.133. The van der Waals surface area contributed by atoms with Gasteiger partial charge in [0.15, 0.2) is 5.60 Å². The van der Waals surface area contributed by atoms with Crippen LogP contribution in [0.3, 0.4) is 0 Å². The van der Waals surface area contributed by atoms with Gasteiger partial charge in [0.1, 0.15) is 6.54 Å². The van der Waals surface area contributed by atoms with E-state index >= 15 is 0 Å². The SMILES string of the molecule is CS(=O)(=NCC#N)c1ccc(C(O)(C(N)=O)c2ccccc2)cc1. The number of carbonyl (C=O) groups excluding carboxylic acids is 1. The number of nitriles is 1. The Balaban J connectivity index is 2.51. The number of amides is 1. The summed E-state index contributed by atoms with van der Waals surface area (Å²) in [4.78, 5) is 12.3. The summed E-state index contributed by atoms with van der Waals surface area (Å²) in [6.45, 7) is -0.174. The maximum Gasteiger partial charge on any atom is 0.258 e. The van der Waals surface area contributed by atoms with Crippen molar-refractivity contribution in [2.45, 2.75) is 10.5 Å². The summed E-state index contributed by atoms with van der Waals surface area (Å²) in [6.07, 6.45) is 1.43. The molecule has 2 aromatic carbocycles. The average molecular weight is 343 g/mol. The molecule has 2 rings (SSSR count). The van der Waals surface area contributed by atoms with Crippen LogP contribution in [0.25, 0.3) is 0 Å². The number of nitrogens with two attached hydrogens (primary N) is 1. The maximum absolute atomic E-state index is 12.4. The zero-order chi connectivity index (χ0) is 17.8. The van der Waals surface area contributed by atoms with Gasteiger partial charge in [-0.15, -0.1) is 0 Å². The molecule has 0 aromatic heterocycles. The van der Waals surface area contributed by atoms with Crippen LogP contribution in [-0.2, 0) is 20.1 Å². The zero-order valence-electron chi connectivity index (χ0n) is 13.0. The Morgan fingerprint density at radius 1 is 1.21 bits per heavy atom. The fraction of sp³-hybridized carbons (Fsp3) is 0.176. The molecule has 0 radical (unpaired) electrons. The van der Waals surface area contributed by atoms with E-state index in [4.69, 9.17) is 11.0 Å². The molecular formula is C17H17N3O3S. The molecule has 0 aliphatic rings. The minimum absolute atomic E-state index is 0.174. The summed E-state index contributed by atoms with van der Waals surface area (Å²) < 4.78 is 16.3. The van der Waals surface area contributed by atoms with E-state index in [1.54, 1.807) is 30.3 Å². The van der Waals surface area contributed by atoms with Gasteiger partial charge in [0.05, 0.1) is 15.8 Å². The van der Waals surface area contributed by atoms with E-state index in [1.807, 2.05) is 6.07 Å². The standard InChI is InChI=1S/C17H17N3O3S/c1-24(23,20-12-11-18)15-9-7-14(8-10-15)17(22,16(19)21)13-5-3-2-4-6-13/h2-10,22H,12H2,1H3,(H2,19,21). The summed E-state index contributed by atoms with van der Waals surface area (Å²) >= 11 is 0. The van der Waals surface area contributed by atoms with Crippen molar-refractivity contribution < 1.29 is 14.1 Å². The number of nitrogens with zero attached hydrogens (tertiary/aromatic N) is 2. The van der Waals surface area contributed by atoms with E-state index in [0.717, 1.165) is 0 Å². The van der Waals surface area contributed by atoms with Gasteiger partial charge in [0.2, 0.25) is 0 Å². The molecule has 1 amide bonds. The third-order valence-electron chi connectivity index (χ3n) is 3.64. The highest BCUT2D eigenvalue weighted by Crippen LogP contribution is 2.30. The fourth-order valence-corrected chi connectivity index (χ4v) is 3.40. The van der Waals surface area contributed by atoms with Gasteiger partial charge in [-0.3, -0.25) is 4.79 Å². The summed E-state index contributed by atoms with van der Waals surface area (Å²) in [5, 5.41) is 19.4. The first-order chi connectivity index (χ1) is 11.3. The number of benzene rings is 2. The first-order valence-electron chi connectivity index (χ1n) is 7.05. The van der Waals surface area contributed by atoms with E-state index in [2.05, 4.69) is 4.36 Å². The first-order valence-corrected chi connectivity index (χ1v) is 8.98. The Kier molecular flexibility index (Phi) is 5.02. The molecule has 0 heterocycles. The normalized spacial score (nSPS) is 15.5. The molecule has 0 saturated carbocycles. The van der Waals surface area contributed by atoms with E-state index < -0.39 is 21.2 Å². The van der Waals surface area contributed by atoms with Crippen molar-refractivity contribution in [3.8, 4) is 6.07 Å². The molecule has 2 atom stereocenters. The van der Waals surface area contributed by atoms with Crippen molar-refractivity contribution in [3.05, 3.63) is 65.7 Å². The van der Waals surface area contributed by atoms with Crippen LogP contribution in [0.15, 0.2) is 63.9 Å². The molecule has 0 spiro atoms. The van der Waals surface area contributed by atoms with Crippen LogP contribution in [0.5, 0.6) is 0 Å². The van der Waals surface area contributed by atoms with Crippen molar-refractivity contribution in [1.82, 2.24) is 0 Å². The predicted molar refractivity (Wildman–Crippen MR) is 90.3 cm³/mol. The second-order valence-electron chi connectivity index (χ2n) is 5.21. The summed E-state index contributed by atoms with van der Waals surface area (Å²) in [5.41, 5.74) is 4.05. The van der Waals surface area contributed by atoms with Crippen LogP contribution in [0.4, 0.5) is 0 Å². The van der Waals surface area contributed by atoms with Crippen LogP contribution in [-0.4, -0.2) is 28.0 Å². The quantitative estimate of drug-likeness (QED) is 0.798. The lowest BCUT2D eigenvalue weighted by Crippen LogP contribution is -2.42. The molecule has 6 nitrogen and oxygen atoms in total. The molecule has 24 heavy (non-hydrogen) atoms. The third-order valence-corrected chi connectivity index (χ3v) is 5.41. The van der Waals surface area contributed by atoms with Crippen LogP contribution in [0.2, 0.25) is 0 Å². The number of hydrogen-bond donors (Lipinski definition) is 2. The molecule has 2 aromatic rings. The summed E-state index contributed by atoms with van der Waals surface area (Å²) in [6, 6.07) is 16.2. The molecule has 0 aliphatic carbocycles. The Morgan fingerprint density at radius 3 is 2.25 bits per heavy atom. The molecule has 0 aliphatic heterocycles. The second kappa shape index (κ2) is 6.83. The van der Waals surface area contributed by atoms with Crippen LogP contribution in [0.1, 0.15) is 11.1 Å². The van der Waals surface area contributed by atoms with Gasteiger partial charge in [0, 0.05) is 11.2 Å². The molecule has 0 saturated heterocycles. The number of hydrogen-bond acceptors (Lipinski definition) is 5. The van der Waals surface area contributed by atoms with E-state index in [9.17, 15) is 14.1 Å². The Morgan fingerprint density at radius 2 is 1.75 bits per heavy atom. The smallest absolute Gasteiger partial charge is 0.258 e. The van der Waals surface area contributed by atoms with Crippen molar-refractivity contribution >= 4 is 15.6 Å². The van der Waals surface area contributed by atoms with E-state index in [-0.39, 0.29) is 12.1 Å². The molecule has 2 unspecified atom stereocenters. The van der Waals surface area contributed by atoms with Crippen LogP contribution >= 0.6 is 0 Å². The van der Waals surface area contributed by atoms with Gasteiger partial charge in [-0.2, -0.15) is 5.26 Å². The van der Waals surface area contributed by atoms with E-state index in [0.29, 0.717) is 10.5 Å². The largest absolute Gasteiger partial charge is 0.372 e. The summed E-state index contributed by atoms with van der Waals surface area (Å²) in [7, 11) is -2.71. The van der Waals surface area contributed by atoms with E-state index in [1.165, 1.54) is 30.5 Å². The molecule has 3 N–H and O–H groups in total. The maximum atomic E-state index is 12.4. The molecule has 0 fully saturated rings. The summed E-state index contributed by atoms with van der Waals surface area (Å²) in [5.74, 6) is -0.909. The predicted octanol–water partition coefficient (Wildman–Crippen LogP) is 1.39. The van der Waals surface area contributed by atoms with Gasteiger partial charge in [-0.1, -0.05) is 42.5 Å². The van der Waals surface area contributed by atoms with Gasteiger partial charge in [-0.25, -0.2) is 8.57 Å². The lowest BCUT2D eigenvalue weighted by Gasteiger charge is -2.26. The van der Waals surface area contributed by atoms with Gasteiger partial charge in [0.25, 0.3) is 5.91 Å². The highest BCUT2D eigenvalue weighted by atomic mass is 32.2. The highest BCUT2D eigenvalue weighted by Gasteiger charge is 2.38. The number of carbonyl (C=O) groups is 1. The fourth-order valence-electron chi connectivity index (χ4n) is 2.31. The zero-order valence-corrected chi connectivity index (χ0v) is 13.9. The lowest BCUT2D eigenvalue weighted by atomic mass is 9.86. The van der Waals surface area contributed by atoms with Crippen molar-refractivity contribution in [2.75, 3.05) is 12.8 Å². The van der Waals surface area contributed by atoms with Crippen LogP contribution in [0, 0.1) is 11.3 Å². The Labute approximate surface area is 140 Å². The first kappa shape index (κ1) is 17.7. The van der Waals surface area contributed by atoms with Crippen molar-refractivity contribution in [1.29, 1.82) is 5.26 Å². The van der Waals surface area contributed by atoms with Gasteiger partial charge in [-0.05, 0) is 23.3 Å². The van der Waals surface area contributed by atoms with Crippen molar-refractivity contribution in [3.63, 3.8) is 0 Å². The highest BCUT2D eigenvalue weighted by molar-refractivity contribution is 7.93. The number of rotatable bonds is 5. The van der Waals surface area contributed by atoms with Gasteiger partial charge >= 0.3 is 0 Å². The molecule has 0 bridgehead atoms. The molecular weight excluding hydrogens is 326 g/mol. The average Bonchev–Trinajstić information content (AvgIpc) is 2.60. The second-order valence-corrected chi connectivity index (χ2v) is 7.55. The Hall–Kier alpha value is -2.69. The Bertz CT molecular complexity index is 895. The van der Waals surface area contributed by atoms with Gasteiger partial charge < -0.3 is 10.8 Å².